The first kappa shape index (κ1) is 18.3. The molecule has 27 heavy (non-hydrogen) atoms. The lowest BCUT2D eigenvalue weighted by Gasteiger charge is -2.09. The minimum absolute atomic E-state index is 0.0691. The number of hydrogen-bond donors (Lipinski definition) is 0. The van der Waals surface area contributed by atoms with Crippen LogP contribution in [0.1, 0.15) is 22.3 Å². The number of nitrogens with zero attached hydrogens (tertiary/aromatic N) is 2. The van der Waals surface area contributed by atoms with Crippen LogP contribution in [0.5, 0.6) is 5.75 Å². The summed E-state index contributed by atoms with van der Waals surface area (Å²) in [7, 11) is 0. The first-order valence-electron chi connectivity index (χ1n) is 8.59. The van der Waals surface area contributed by atoms with Gasteiger partial charge in [0, 0.05) is 23.9 Å². The van der Waals surface area contributed by atoms with Crippen molar-refractivity contribution in [2.24, 2.45) is 4.99 Å². The molecule has 0 heterocycles. The van der Waals surface area contributed by atoms with E-state index in [9.17, 15) is 10.1 Å². The molecule has 0 bridgehead atoms. The molecule has 0 N–H and O–H groups in total. The number of aryl methyl sites for hydroxylation is 2. The van der Waals surface area contributed by atoms with Gasteiger partial charge < -0.3 is 4.74 Å². The largest absolute Gasteiger partial charge is 0.488 e. The predicted octanol–water partition coefficient (Wildman–Crippen LogP) is 5.54. The van der Waals surface area contributed by atoms with Crippen molar-refractivity contribution in [1.29, 1.82) is 0 Å². The Kier molecular flexibility index (Phi) is 5.61. The van der Waals surface area contributed by atoms with Crippen LogP contribution in [0.2, 0.25) is 0 Å². The third kappa shape index (κ3) is 4.79. The van der Waals surface area contributed by atoms with Crippen LogP contribution in [0.4, 0.5) is 11.4 Å². The lowest BCUT2D eigenvalue weighted by molar-refractivity contribution is -0.384. The van der Waals surface area contributed by atoms with E-state index < -0.39 is 4.92 Å². The quantitative estimate of drug-likeness (QED) is 0.329. The molecule has 0 saturated carbocycles. The molecule has 0 aliphatic rings. The van der Waals surface area contributed by atoms with Gasteiger partial charge in [0.2, 0.25) is 0 Å². The van der Waals surface area contributed by atoms with Gasteiger partial charge in [-0.2, -0.15) is 0 Å². The van der Waals surface area contributed by atoms with E-state index in [4.69, 9.17) is 4.74 Å². The zero-order valence-corrected chi connectivity index (χ0v) is 15.3. The van der Waals surface area contributed by atoms with Crippen LogP contribution in [0, 0.1) is 24.0 Å². The van der Waals surface area contributed by atoms with Crippen LogP contribution in [-0.4, -0.2) is 11.1 Å². The molecule has 0 saturated heterocycles. The van der Waals surface area contributed by atoms with E-state index >= 15 is 0 Å². The highest BCUT2D eigenvalue weighted by Gasteiger charge is 2.06. The molecule has 5 nitrogen and oxygen atoms in total. The number of benzene rings is 3. The first-order chi connectivity index (χ1) is 13.0. The Balaban J connectivity index is 1.72. The molecule has 0 atom stereocenters. The van der Waals surface area contributed by atoms with Gasteiger partial charge in [0.15, 0.2) is 0 Å². The van der Waals surface area contributed by atoms with Crippen molar-refractivity contribution < 1.29 is 9.66 Å². The van der Waals surface area contributed by atoms with Crippen LogP contribution in [0.25, 0.3) is 0 Å². The highest BCUT2D eigenvalue weighted by Crippen LogP contribution is 2.21. The van der Waals surface area contributed by atoms with Gasteiger partial charge >= 0.3 is 0 Å². The lowest BCUT2D eigenvalue weighted by atomic mass is 10.1. The molecule has 3 rings (SSSR count). The Morgan fingerprint density at radius 2 is 1.74 bits per heavy atom. The van der Waals surface area contributed by atoms with Crippen LogP contribution >= 0.6 is 0 Å². The number of nitro benzene ring substituents is 1. The van der Waals surface area contributed by atoms with E-state index in [1.165, 1.54) is 23.3 Å². The minimum atomic E-state index is -0.414. The Morgan fingerprint density at radius 1 is 1.00 bits per heavy atom. The van der Waals surface area contributed by atoms with Crippen molar-refractivity contribution >= 4 is 17.6 Å². The Bertz CT molecular complexity index is 979. The second-order valence-corrected chi connectivity index (χ2v) is 6.28. The lowest BCUT2D eigenvalue weighted by Crippen LogP contribution is -1.98. The minimum Gasteiger partial charge on any atom is -0.488 e. The second-order valence-electron chi connectivity index (χ2n) is 6.28. The first-order valence-corrected chi connectivity index (χ1v) is 8.59. The van der Waals surface area contributed by atoms with E-state index in [1.54, 1.807) is 18.3 Å². The van der Waals surface area contributed by atoms with E-state index in [0.717, 1.165) is 16.8 Å². The topological polar surface area (TPSA) is 64.7 Å². The zero-order valence-electron chi connectivity index (χ0n) is 15.3. The van der Waals surface area contributed by atoms with Gasteiger partial charge in [-0.05, 0) is 66.9 Å². The molecule has 0 fully saturated rings. The second kappa shape index (κ2) is 8.27. The predicted molar refractivity (Wildman–Crippen MR) is 107 cm³/mol. The molecule has 0 spiro atoms. The SMILES string of the molecule is Cc1ccc(N=Cc2ccccc2OCc2ccc([N+](=O)[O-])cc2)cc1C. The van der Waals surface area contributed by atoms with E-state index in [2.05, 4.69) is 24.9 Å². The summed E-state index contributed by atoms with van der Waals surface area (Å²) in [6.07, 6.45) is 1.79. The van der Waals surface area contributed by atoms with Gasteiger partial charge in [0.1, 0.15) is 12.4 Å². The molecule has 3 aromatic rings. The summed E-state index contributed by atoms with van der Waals surface area (Å²) in [6.45, 7) is 4.46. The fraction of sp³-hybridized carbons (Fsp3) is 0.136. The van der Waals surface area contributed by atoms with Gasteiger partial charge in [-0.15, -0.1) is 0 Å². The number of hydrogen-bond acceptors (Lipinski definition) is 4. The molecule has 0 radical (unpaired) electrons. The van der Waals surface area contributed by atoms with Gasteiger partial charge in [-0.3, -0.25) is 15.1 Å². The summed E-state index contributed by atoms with van der Waals surface area (Å²) in [5.74, 6) is 0.712. The number of para-hydroxylation sites is 1. The van der Waals surface area contributed by atoms with Crippen LogP contribution in [-0.2, 0) is 6.61 Å². The molecule has 5 heteroatoms. The third-order valence-corrected chi connectivity index (χ3v) is 4.30. The monoisotopic (exact) mass is 360 g/mol. The van der Waals surface area contributed by atoms with E-state index in [0.29, 0.717) is 12.4 Å². The van der Waals surface area contributed by atoms with Gasteiger partial charge in [-0.25, -0.2) is 0 Å². The summed E-state index contributed by atoms with van der Waals surface area (Å²) in [4.78, 5) is 14.9. The molecule has 0 amide bonds. The molecule has 3 aromatic carbocycles. The Labute approximate surface area is 158 Å². The summed E-state index contributed by atoms with van der Waals surface area (Å²) in [6, 6.07) is 20.1. The number of non-ortho nitro benzene ring substituents is 1. The summed E-state index contributed by atoms with van der Waals surface area (Å²) < 4.78 is 5.89. The van der Waals surface area contributed by atoms with Gasteiger partial charge in [-0.1, -0.05) is 18.2 Å². The molecule has 0 aliphatic carbocycles. The average molecular weight is 360 g/mol. The number of rotatable bonds is 6. The fourth-order valence-electron chi connectivity index (χ4n) is 2.54. The van der Waals surface area contributed by atoms with Crippen molar-refractivity contribution in [3.8, 4) is 5.75 Å². The highest BCUT2D eigenvalue weighted by molar-refractivity contribution is 5.85. The number of aliphatic imine (C=N–C) groups is 1. The van der Waals surface area contributed by atoms with Gasteiger partial charge in [0.05, 0.1) is 10.6 Å². The molecular formula is C22H20N2O3. The van der Waals surface area contributed by atoms with Crippen molar-refractivity contribution in [3.63, 3.8) is 0 Å². The summed E-state index contributed by atoms with van der Waals surface area (Å²) in [5.41, 5.74) is 5.13. The number of nitro groups is 1. The normalized spacial score (nSPS) is 10.9. The molecule has 0 aromatic heterocycles. The summed E-state index contributed by atoms with van der Waals surface area (Å²) in [5, 5.41) is 10.7. The molecule has 0 unspecified atom stereocenters. The number of ether oxygens (including phenoxy) is 1. The Morgan fingerprint density at radius 3 is 2.44 bits per heavy atom. The third-order valence-electron chi connectivity index (χ3n) is 4.30. The fourth-order valence-corrected chi connectivity index (χ4v) is 2.54. The average Bonchev–Trinajstić information content (AvgIpc) is 2.68. The van der Waals surface area contributed by atoms with Crippen molar-refractivity contribution in [3.05, 3.63) is 99.1 Å². The van der Waals surface area contributed by atoms with E-state index in [-0.39, 0.29) is 5.69 Å². The van der Waals surface area contributed by atoms with E-state index in [1.807, 2.05) is 36.4 Å². The maximum Gasteiger partial charge on any atom is 0.269 e. The standard InChI is InChI=1S/C22H20N2O3/c1-16-7-10-20(13-17(16)2)23-14-19-5-3-4-6-22(19)27-15-18-8-11-21(12-9-18)24(25)26/h3-14H,15H2,1-2H3. The molecule has 136 valence electrons. The maximum absolute atomic E-state index is 10.7. The van der Waals surface area contributed by atoms with Crippen molar-refractivity contribution in [2.75, 3.05) is 0 Å². The summed E-state index contributed by atoms with van der Waals surface area (Å²) >= 11 is 0. The van der Waals surface area contributed by atoms with Crippen LogP contribution in [0.15, 0.2) is 71.7 Å². The van der Waals surface area contributed by atoms with Crippen molar-refractivity contribution in [2.45, 2.75) is 20.5 Å². The maximum atomic E-state index is 10.7. The van der Waals surface area contributed by atoms with Crippen LogP contribution < -0.4 is 4.74 Å². The van der Waals surface area contributed by atoms with Crippen LogP contribution in [0.3, 0.4) is 0 Å². The molecule has 0 aliphatic heterocycles. The smallest absolute Gasteiger partial charge is 0.269 e. The zero-order chi connectivity index (χ0) is 19.2. The van der Waals surface area contributed by atoms with Crippen molar-refractivity contribution in [1.82, 2.24) is 0 Å². The molecular weight excluding hydrogens is 340 g/mol. The highest BCUT2D eigenvalue weighted by atomic mass is 16.6. The van der Waals surface area contributed by atoms with Gasteiger partial charge in [0.25, 0.3) is 5.69 Å². The Hall–Kier alpha value is -3.47.